The number of anilines is 1. The van der Waals surface area contributed by atoms with Crippen molar-refractivity contribution in [3.05, 3.63) is 85.1 Å². The number of fused-ring (bicyclic) bond motifs is 1. The van der Waals surface area contributed by atoms with Crippen molar-refractivity contribution in [1.29, 1.82) is 0 Å². The maximum atomic E-state index is 13.9. The molecule has 32 heavy (non-hydrogen) atoms. The van der Waals surface area contributed by atoms with Gasteiger partial charge in [0.2, 0.25) is 0 Å². The fraction of sp³-hybridized carbons (Fsp3) is 0.0435. The van der Waals surface area contributed by atoms with Crippen LogP contribution in [0.2, 0.25) is 0 Å². The van der Waals surface area contributed by atoms with Crippen molar-refractivity contribution in [2.24, 2.45) is 7.05 Å². The molecule has 0 aliphatic rings. The van der Waals surface area contributed by atoms with E-state index < -0.39 is 11.6 Å². The van der Waals surface area contributed by atoms with E-state index >= 15 is 0 Å². The van der Waals surface area contributed by atoms with Crippen LogP contribution in [0.4, 0.5) is 14.5 Å². The lowest BCUT2D eigenvalue weighted by Gasteiger charge is -2.09. The molecule has 3 heterocycles. The van der Waals surface area contributed by atoms with E-state index in [0.717, 1.165) is 51.4 Å². The third-order valence-corrected chi connectivity index (χ3v) is 5.68. The highest BCUT2D eigenvalue weighted by Crippen LogP contribution is 2.28. The molecule has 158 valence electrons. The first-order valence-electron chi connectivity index (χ1n) is 9.64. The third kappa shape index (κ3) is 4.15. The lowest BCUT2D eigenvalue weighted by molar-refractivity contribution is 0.566. The molecule has 1 N–H and O–H groups in total. The van der Waals surface area contributed by atoms with Crippen LogP contribution in [0.1, 0.15) is 0 Å². The van der Waals surface area contributed by atoms with Crippen LogP contribution in [0.3, 0.4) is 0 Å². The molecule has 0 saturated carbocycles. The number of pyridine rings is 1. The first-order chi connectivity index (χ1) is 15.5. The molecule has 0 aliphatic carbocycles. The molecule has 2 aromatic carbocycles. The Labute approximate surface area is 186 Å². The highest BCUT2D eigenvalue weighted by Gasteiger charge is 2.09. The Balaban J connectivity index is 1.42. The van der Waals surface area contributed by atoms with E-state index in [1.165, 1.54) is 12.1 Å². The fourth-order valence-electron chi connectivity index (χ4n) is 3.21. The zero-order chi connectivity index (χ0) is 22.1. The van der Waals surface area contributed by atoms with Crippen molar-refractivity contribution in [2.45, 2.75) is 4.90 Å². The first kappa shape index (κ1) is 20.1. The van der Waals surface area contributed by atoms with Gasteiger partial charge in [-0.3, -0.25) is 14.6 Å². The van der Waals surface area contributed by atoms with Gasteiger partial charge in [-0.2, -0.15) is 5.10 Å². The smallest absolute Gasteiger partial charge is 0.141 e. The van der Waals surface area contributed by atoms with Crippen molar-refractivity contribution in [3.8, 4) is 22.4 Å². The minimum absolute atomic E-state index is 0.292. The summed E-state index contributed by atoms with van der Waals surface area (Å²) in [6.45, 7) is 0. The zero-order valence-corrected chi connectivity index (χ0v) is 17.6. The number of hydrogen-bond donors (Lipinski definition) is 1. The average molecular weight is 446 g/mol. The van der Waals surface area contributed by atoms with Crippen LogP contribution < -0.4 is 4.72 Å². The standard InChI is InChI=1S/C23H16F2N6S/c1-31-13-16(10-28-31)22-12-27-20-4-2-14(7-21(20)29-22)15-6-18(11-26-9-15)30-32-23-5-3-17(24)8-19(23)25/h2-13,30H,1H3. The molecule has 0 amide bonds. The van der Waals surface area contributed by atoms with Crippen molar-refractivity contribution in [2.75, 3.05) is 4.72 Å². The molecule has 0 saturated heterocycles. The highest BCUT2D eigenvalue weighted by atomic mass is 32.2. The minimum atomic E-state index is -0.621. The van der Waals surface area contributed by atoms with Gasteiger partial charge in [-0.25, -0.2) is 13.8 Å². The fourth-order valence-corrected chi connectivity index (χ4v) is 3.84. The molecule has 0 aliphatic heterocycles. The van der Waals surface area contributed by atoms with Crippen molar-refractivity contribution in [3.63, 3.8) is 0 Å². The number of hydrogen-bond acceptors (Lipinski definition) is 6. The van der Waals surface area contributed by atoms with Crippen LogP contribution in [-0.2, 0) is 7.05 Å². The number of nitrogens with one attached hydrogen (secondary N) is 1. The van der Waals surface area contributed by atoms with Gasteiger partial charge in [-0.1, -0.05) is 6.07 Å². The molecule has 5 aromatic rings. The van der Waals surface area contributed by atoms with Crippen LogP contribution in [0, 0.1) is 11.6 Å². The van der Waals surface area contributed by atoms with Crippen molar-refractivity contribution < 1.29 is 8.78 Å². The highest BCUT2D eigenvalue weighted by molar-refractivity contribution is 8.00. The van der Waals surface area contributed by atoms with E-state index in [2.05, 4.69) is 19.8 Å². The lowest BCUT2D eigenvalue weighted by atomic mass is 10.1. The molecule has 0 unspecified atom stereocenters. The van der Waals surface area contributed by atoms with E-state index in [9.17, 15) is 8.78 Å². The Kier molecular flexibility index (Phi) is 5.24. The van der Waals surface area contributed by atoms with E-state index in [4.69, 9.17) is 4.98 Å². The van der Waals surface area contributed by atoms with Gasteiger partial charge < -0.3 is 4.72 Å². The normalized spacial score (nSPS) is 11.1. The summed E-state index contributed by atoms with van der Waals surface area (Å²) in [6.07, 6.45) is 8.75. The summed E-state index contributed by atoms with van der Waals surface area (Å²) in [4.78, 5) is 13.8. The number of nitrogens with zero attached hydrogens (tertiary/aromatic N) is 5. The Morgan fingerprint density at radius 2 is 1.78 bits per heavy atom. The summed E-state index contributed by atoms with van der Waals surface area (Å²) in [5, 5.41) is 4.19. The molecule has 0 bridgehead atoms. The first-order valence-corrected chi connectivity index (χ1v) is 10.5. The van der Waals surface area contributed by atoms with Crippen LogP contribution in [0.15, 0.2) is 78.3 Å². The van der Waals surface area contributed by atoms with Crippen molar-refractivity contribution in [1.82, 2.24) is 24.7 Å². The second kappa shape index (κ2) is 8.35. The lowest BCUT2D eigenvalue weighted by Crippen LogP contribution is -1.92. The van der Waals surface area contributed by atoms with E-state index in [1.807, 2.05) is 37.5 Å². The minimum Gasteiger partial charge on any atom is -0.324 e. The predicted octanol–water partition coefficient (Wildman–Crippen LogP) is 5.49. The van der Waals surface area contributed by atoms with Crippen LogP contribution in [0.25, 0.3) is 33.4 Å². The molecular weight excluding hydrogens is 430 g/mol. The number of aromatic nitrogens is 5. The maximum absolute atomic E-state index is 13.9. The van der Waals surface area contributed by atoms with Crippen molar-refractivity contribution >= 4 is 28.7 Å². The molecular formula is C23H16F2N6S. The maximum Gasteiger partial charge on any atom is 0.141 e. The van der Waals surface area contributed by atoms with Gasteiger partial charge in [-0.05, 0) is 47.8 Å². The second-order valence-corrected chi connectivity index (χ2v) is 7.95. The summed E-state index contributed by atoms with van der Waals surface area (Å²) in [7, 11) is 1.85. The quantitative estimate of drug-likeness (QED) is 0.360. The van der Waals surface area contributed by atoms with Gasteiger partial charge in [-0.15, -0.1) is 0 Å². The van der Waals surface area contributed by atoms with Crippen LogP contribution >= 0.6 is 11.9 Å². The zero-order valence-electron chi connectivity index (χ0n) is 16.8. The monoisotopic (exact) mass is 446 g/mol. The average Bonchev–Trinajstić information content (AvgIpc) is 3.24. The Hall–Kier alpha value is -3.85. The van der Waals surface area contributed by atoms with Gasteiger partial charge in [0.05, 0.1) is 45.9 Å². The van der Waals surface area contributed by atoms with Crippen LogP contribution in [0.5, 0.6) is 0 Å². The molecule has 9 heteroatoms. The molecule has 6 nitrogen and oxygen atoms in total. The summed E-state index contributed by atoms with van der Waals surface area (Å²) in [5.74, 6) is -1.23. The van der Waals surface area contributed by atoms with E-state index in [-0.39, 0.29) is 0 Å². The molecule has 0 radical (unpaired) electrons. The molecule has 5 rings (SSSR count). The SMILES string of the molecule is Cn1cc(-c2cnc3ccc(-c4cncc(NSc5ccc(F)cc5F)c4)cc3n2)cn1. The Morgan fingerprint density at radius 1 is 0.875 bits per heavy atom. The number of benzene rings is 2. The third-order valence-electron chi connectivity index (χ3n) is 4.79. The second-order valence-electron chi connectivity index (χ2n) is 7.10. The number of aryl methyl sites for hydroxylation is 1. The largest absolute Gasteiger partial charge is 0.324 e. The van der Waals surface area contributed by atoms with Gasteiger partial charge in [0.1, 0.15) is 11.6 Å². The van der Waals surface area contributed by atoms with Gasteiger partial charge in [0.15, 0.2) is 0 Å². The Morgan fingerprint density at radius 3 is 2.59 bits per heavy atom. The van der Waals surface area contributed by atoms with Gasteiger partial charge >= 0.3 is 0 Å². The topological polar surface area (TPSA) is 68.5 Å². The summed E-state index contributed by atoms with van der Waals surface area (Å²) < 4.78 is 31.7. The van der Waals surface area contributed by atoms with Gasteiger partial charge in [0, 0.05) is 36.6 Å². The van der Waals surface area contributed by atoms with Gasteiger partial charge in [0.25, 0.3) is 0 Å². The predicted molar refractivity (Wildman–Crippen MR) is 121 cm³/mol. The molecule has 3 aromatic heterocycles. The number of halogens is 2. The van der Waals surface area contributed by atoms with E-state index in [0.29, 0.717) is 10.6 Å². The molecule has 0 atom stereocenters. The van der Waals surface area contributed by atoms with E-state index in [1.54, 1.807) is 29.5 Å². The number of rotatable bonds is 5. The summed E-state index contributed by atoms with van der Waals surface area (Å²) in [5.41, 5.74) is 5.65. The summed E-state index contributed by atoms with van der Waals surface area (Å²) >= 11 is 1.05. The van der Waals surface area contributed by atoms with Crippen LogP contribution in [-0.4, -0.2) is 24.7 Å². The molecule has 0 fully saturated rings. The summed E-state index contributed by atoms with van der Waals surface area (Å²) in [6, 6.07) is 11.2. The molecule has 0 spiro atoms. The Bertz CT molecular complexity index is 1440.